The highest BCUT2D eigenvalue weighted by Crippen LogP contribution is 2.41. The predicted molar refractivity (Wildman–Crippen MR) is 81.2 cm³/mol. The molecule has 1 amide bonds. The first kappa shape index (κ1) is 16.5. The fourth-order valence-corrected chi connectivity index (χ4v) is 2.41. The molecule has 3 heteroatoms. The second-order valence-corrected chi connectivity index (χ2v) is 7.59. The van der Waals surface area contributed by atoms with Crippen molar-refractivity contribution in [3.63, 3.8) is 0 Å². The van der Waals surface area contributed by atoms with E-state index in [1.807, 2.05) is 4.90 Å². The van der Waals surface area contributed by atoms with Gasteiger partial charge in [0.25, 0.3) is 0 Å². The molecule has 0 unspecified atom stereocenters. The van der Waals surface area contributed by atoms with E-state index in [1.165, 1.54) is 19.4 Å². The molecule has 3 nitrogen and oxygen atoms in total. The van der Waals surface area contributed by atoms with E-state index >= 15 is 0 Å². The van der Waals surface area contributed by atoms with E-state index in [-0.39, 0.29) is 5.91 Å². The van der Waals surface area contributed by atoms with Gasteiger partial charge in [-0.05, 0) is 30.2 Å². The summed E-state index contributed by atoms with van der Waals surface area (Å²) in [6, 6.07) is 0. The molecule has 112 valence electrons. The lowest BCUT2D eigenvalue weighted by atomic mass is 9.67. The molecule has 0 atom stereocenters. The van der Waals surface area contributed by atoms with Gasteiger partial charge < -0.3 is 4.90 Å². The highest BCUT2D eigenvalue weighted by atomic mass is 16.2. The molecule has 1 aliphatic heterocycles. The largest absolute Gasteiger partial charge is 0.340 e. The van der Waals surface area contributed by atoms with Crippen LogP contribution in [-0.4, -0.2) is 48.4 Å². The van der Waals surface area contributed by atoms with Crippen LogP contribution in [0, 0.1) is 10.8 Å². The normalized spacial score (nSPS) is 18.7. The Morgan fingerprint density at radius 2 is 1.53 bits per heavy atom. The molecular weight excluding hydrogens is 236 g/mol. The Hall–Kier alpha value is -0.570. The minimum absolute atomic E-state index is 0.216. The van der Waals surface area contributed by atoms with Gasteiger partial charge in [-0.2, -0.15) is 0 Å². The minimum atomic E-state index is 0.216. The summed E-state index contributed by atoms with van der Waals surface area (Å²) in [7, 11) is 0. The van der Waals surface area contributed by atoms with E-state index in [4.69, 9.17) is 0 Å². The van der Waals surface area contributed by atoms with Gasteiger partial charge in [0.15, 0.2) is 0 Å². The average Bonchev–Trinajstić information content (AvgIpc) is 2.28. The lowest BCUT2D eigenvalue weighted by molar-refractivity contribution is -0.130. The number of hydrogen-bond acceptors (Lipinski definition) is 2. The number of rotatable bonds is 4. The summed E-state index contributed by atoms with van der Waals surface area (Å²) >= 11 is 0. The van der Waals surface area contributed by atoms with Crippen LogP contribution in [0.4, 0.5) is 0 Å². The van der Waals surface area contributed by atoms with Crippen LogP contribution < -0.4 is 0 Å². The highest BCUT2D eigenvalue weighted by molar-refractivity contribution is 5.73. The zero-order valence-electron chi connectivity index (χ0n) is 13.8. The van der Waals surface area contributed by atoms with Gasteiger partial charge >= 0.3 is 0 Å². The third-order valence-corrected chi connectivity index (χ3v) is 5.12. The highest BCUT2D eigenvalue weighted by Gasteiger charge is 2.32. The van der Waals surface area contributed by atoms with Crippen molar-refractivity contribution in [1.29, 1.82) is 0 Å². The second-order valence-electron chi connectivity index (χ2n) is 7.59. The summed E-state index contributed by atoms with van der Waals surface area (Å²) in [4.78, 5) is 15.7. The van der Waals surface area contributed by atoms with Gasteiger partial charge in [-0.3, -0.25) is 9.69 Å². The Balaban J connectivity index is 2.27. The molecule has 0 spiro atoms. The summed E-state index contributed by atoms with van der Waals surface area (Å²) in [5, 5.41) is 0. The van der Waals surface area contributed by atoms with Gasteiger partial charge in [0.1, 0.15) is 0 Å². The molecule has 1 saturated heterocycles. The number of hydrogen-bond donors (Lipinski definition) is 0. The summed E-state index contributed by atoms with van der Waals surface area (Å²) in [5.41, 5.74) is 0.745. The van der Waals surface area contributed by atoms with Crippen LogP contribution in [0.3, 0.4) is 0 Å². The molecule has 1 aliphatic rings. The van der Waals surface area contributed by atoms with Gasteiger partial charge in [-0.25, -0.2) is 0 Å². The quantitative estimate of drug-likeness (QED) is 0.782. The summed E-state index contributed by atoms with van der Waals surface area (Å²) in [5.74, 6) is 0.216. The van der Waals surface area contributed by atoms with Crippen molar-refractivity contribution in [2.24, 2.45) is 10.8 Å². The van der Waals surface area contributed by atoms with Crippen LogP contribution in [0.2, 0.25) is 0 Å². The maximum atomic E-state index is 11.3. The van der Waals surface area contributed by atoms with Crippen LogP contribution >= 0.6 is 0 Å². The van der Waals surface area contributed by atoms with Crippen molar-refractivity contribution in [3.8, 4) is 0 Å². The lowest BCUT2D eigenvalue weighted by Gasteiger charge is -2.40. The summed E-state index contributed by atoms with van der Waals surface area (Å²) < 4.78 is 0. The van der Waals surface area contributed by atoms with E-state index in [9.17, 15) is 4.79 Å². The van der Waals surface area contributed by atoms with Gasteiger partial charge in [-0.1, -0.05) is 34.6 Å². The monoisotopic (exact) mass is 268 g/mol. The Kier molecular flexibility index (Phi) is 5.43. The number of nitrogens with zero attached hydrogens (tertiary/aromatic N) is 2. The van der Waals surface area contributed by atoms with Gasteiger partial charge in [0.2, 0.25) is 5.91 Å². The zero-order chi connectivity index (χ0) is 14.7. The zero-order valence-corrected chi connectivity index (χ0v) is 13.8. The Morgan fingerprint density at radius 3 is 1.95 bits per heavy atom. The first-order chi connectivity index (χ1) is 8.63. The Morgan fingerprint density at radius 1 is 1.00 bits per heavy atom. The van der Waals surface area contributed by atoms with Crippen molar-refractivity contribution < 1.29 is 4.79 Å². The number of carbonyl (C=O) groups is 1. The van der Waals surface area contributed by atoms with Crippen molar-refractivity contribution >= 4 is 5.91 Å². The fourth-order valence-electron chi connectivity index (χ4n) is 2.41. The standard InChI is InChI=1S/C16H32N2O/c1-14(19)18-12-10-17(11-13-18)9-7-8-16(5,6)15(2,3)4/h7-13H2,1-6H3. The van der Waals surface area contributed by atoms with E-state index in [1.54, 1.807) is 6.92 Å². The number of carbonyl (C=O) groups excluding carboxylic acids is 1. The topological polar surface area (TPSA) is 23.6 Å². The van der Waals surface area contributed by atoms with Crippen LogP contribution in [0.1, 0.15) is 54.4 Å². The van der Waals surface area contributed by atoms with E-state index in [2.05, 4.69) is 39.5 Å². The van der Waals surface area contributed by atoms with Gasteiger partial charge in [0.05, 0.1) is 0 Å². The van der Waals surface area contributed by atoms with E-state index in [0.717, 1.165) is 26.2 Å². The van der Waals surface area contributed by atoms with Crippen LogP contribution in [-0.2, 0) is 4.79 Å². The molecule has 0 aliphatic carbocycles. The fraction of sp³-hybridized carbons (Fsp3) is 0.938. The van der Waals surface area contributed by atoms with Crippen LogP contribution in [0.15, 0.2) is 0 Å². The van der Waals surface area contributed by atoms with Gasteiger partial charge in [0, 0.05) is 33.1 Å². The molecule has 0 bridgehead atoms. The molecule has 1 rings (SSSR count). The molecule has 0 aromatic carbocycles. The molecule has 0 radical (unpaired) electrons. The molecule has 0 N–H and O–H groups in total. The Labute approximate surface area is 119 Å². The molecule has 19 heavy (non-hydrogen) atoms. The van der Waals surface area contributed by atoms with E-state index < -0.39 is 0 Å². The van der Waals surface area contributed by atoms with E-state index in [0.29, 0.717) is 10.8 Å². The number of amides is 1. The molecular formula is C16H32N2O. The first-order valence-electron chi connectivity index (χ1n) is 7.61. The Bertz CT molecular complexity index is 296. The van der Waals surface area contributed by atoms with Crippen LogP contribution in [0.25, 0.3) is 0 Å². The number of piperazine rings is 1. The van der Waals surface area contributed by atoms with Crippen molar-refractivity contribution in [3.05, 3.63) is 0 Å². The lowest BCUT2D eigenvalue weighted by Crippen LogP contribution is -2.48. The second kappa shape index (κ2) is 6.25. The predicted octanol–water partition coefficient (Wildman–Crippen LogP) is 3.00. The van der Waals surface area contributed by atoms with Crippen molar-refractivity contribution in [1.82, 2.24) is 9.80 Å². The smallest absolute Gasteiger partial charge is 0.219 e. The minimum Gasteiger partial charge on any atom is -0.340 e. The van der Waals surface area contributed by atoms with Crippen molar-refractivity contribution in [2.45, 2.75) is 54.4 Å². The molecule has 1 fully saturated rings. The average molecular weight is 268 g/mol. The molecule has 0 aromatic heterocycles. The van der Waals surface area contributed by atoms with Gasteiger partial charge in [-0.15, -0.1) is 0 Å². The maximum Gasteiger partial charge on any atom is 0.219 e. The first-order valence-corrected chi connectivity index (χ1v) is 7.61. The van der Waals surface area contributed by atoms with Crippen LogP contribution in [0.5, 0.6) is 0 Å². The maximum absolute atomic E-state index is 11.3. The third-order valence-electron chi connectivity index (χ3n) is 5.12. The molecule has 0 saturated carbocycles. The SMILES string of the molecule is CC(=O)N1CCN(CCCC(C)(C)C(C)(C)C)CC1. The molecule has 1 heterocycles. The summed E-state index contributed by atoms with van der Waals surface area (Å²) in [6.45, 7) is 18.5. The van der Waals surface area contributed by atoms with Crippen molar-refractivity contribution in [2.75, 3.05) is 32.7 Å². The third kappa shape index (κ3) is 4.79. The summed E-state index contributed by atoms with van der Waals surface area (Å²) in [6.07, 6.45) is 2.52. The molecule has 0 aromatic rings.